The smallest absolute Gasteiger partial charge is 0.269 e. The number of non-ortho nitro benzene ring substituents is 1. The SMILES string of the molecule is Cc1cccc(NC(=S)N2N=C(c3ccc([N+](=O)[O-])cc3)CC2c2ccccc2)c1. The van der Waals surface area contributed by atoms with Crippen molar-refractivity contribution in [3.05, 3.63) is 106 Å². The van der Waals surface area contributed by atoms with Crippen LogP contribution in [-0.4, -0.2) is 20.8 Å². The van der Waals surface area contributed by atoms with E-state index in [1.54, 1.807) is 12.1 Å². The van der Waals surface area contributed by atoms with Crippen LogP contribution in [0.15, 0.2) is 84.0 Å². The molecule has 1 heterocycles. The third-order valence-electron chi connectivity index (χ3n) is 4.98. The van der Waals surface area contributed by atoms with Gasteiger partial charge in [0.2, 0.25) is 0 Å². The second kappa shape index (κ2) is 8.42. The normalized spacial score (nSPS) is 15.6. The molecule has 0 amide bonds. The van der Waals surface area contributed by atoms with Crippen molar-refractivity contribution in [1.82, 2.24) is 5.01 Å². The van der Waals surface area contributed by atoms with Gasteiger partial charge in [0.05, 0.1) is 16.7 Å². The molecule has 3 aromatic rings. The number of benzene rings is 3. The lowest BCUT2D eigenvalue weighted by Gasteiger charge is -2.25. The minimum Gasteiger partial charge on any atom is -0.331 e. The second-order valence-electron chi connectivity index (χ2n) is 7.13. The van der Waals surface area contributed by atoms with E-state index in [0.29, 0.717) is 11.5 Å². The van der Waals surface area contributed by atoms with E-state index < -0.39 is 4.92 Å². The number of nitro benzene ring substituents is 1. The zero-order chi connectivity index (χ0) is 21.1. The molecule has 0 spiro atoms. The highest BCUT2D eigenvalue weighted by Crippen LogP contribution is 2.33. The number of nitrogens with zero attached hydrogens (tertiary/aromatic N) is 3. The molecule has 1 N–H and O–H groups in total. The van der Waals surface area contributed by atoms with Gasteiger partial charge in [0.1, 0.15) is 0 Å². The quantitative estimate of drug-likeness (QED) is 0.348. The molecule has 4 rings (SSSR count). The van der Waals surface area contributed by atoms with Crippen LogP contribution < -0.4 is 5.32 Å². The van der Waals surface area contributed by atoms with E-state index in [9.17, 15) is 10.1 Å². The van der Waals surface area contributed by atoms with E-state index in [2.05, 4.69) is 17.4 Å². The Bertz CT molecular complexity index is 1110. The molecule has 1 aliphatic heterocycles. The van der Waals surface area contributed by atoms with Gasteiger partial charge in [-0.3, -0.25) is 10.1 Å². The van der Waals surface area contributed by atoms with Gasteiger partial charge in [-0.25, -0.2) is 5.01 Å². The fourth-order valence-electron chi connectivity index (χ4n) is 3.49. The van der Waals surface area contributed by atoms with Gasteiger partial charge >= 0.3 is 0 Å². The van der Waals surface area contributed by atoms with Crippen molar-refractivity contribution in [1.29, 1.82) is 0 Å². The van der Waals surface area contributed by atoms with Crippen molar-refractivity contribution in [2.45, 2.75) is 19.4 Å². The van der Waals surface area contributed by atoms with Crippen LogP contribution in [0.4, 0.5) is 11.4 Å². The van der Waals surface area contributed by atoms with Crippen molar-refractivity contribution in [3.8, 4) is 0 Å². The summed E-state index contributed by atoms with van der Waals surface area (Å²) < 4.78 is 0. The Hall–Kier alpha value is -3.58. The summed E-state index contributed by atoms with van der Waals surface area (Å²) in [5.74, 6) is 0. The molecular weight excluding hydrogens is 396 g/mol. The highest BCUT2D eigenvalue weighted by Gasteiger charge is 2.31. The van der Waals surface area contributed by atoms with Crippen molar-refractivity contribution in [3.63, 3.8) is 0 Å². The lowest BCUT2D eigenvalue weighted by Crippen LogP contribution is -2.31. The maximum absolute atomic E-state index is 11.0. The topological polar surface area (TPSA) is 70.8 Å². The van der Waals surface area contributed by atoms with Crippen molar-refractivity contribution in [2.24, 2.45) is 5.10 Å². The minimum absolute atomic E-state index is 0.0544. The van der Waals surface area contributed by atoms with E-state index in [0.717, 1.165) is 28.1 Å². The van der Waals surface area contributed by atoms with Crippen molar-refractivity contribution < 1.29 is 4.92 Å². The summed E-state index contributed by atoms with van der Waals surface area (Å²) in [4.78, 5) is 10.5. The van der Waals surface area contributed by atoms with Crippen molar-refractivity contribution in [2.75, 3.05) is 5.32 Å². The minimum atomic E-state index is -0.403. The molecule has 0 aliphatic carbocycles. The van der Waals surface area contributed by atoms with Crippen LogP contribution in [0.2, 0.25) is 0 Å². The first kappa shape index (κ1) is 19.7. The number of nitrogens with one attached hydrogen (secondary N) is 1. The van der Waals surface area contributed by atoms with Crippen LogP contribution in [0.3, 0.4) is 0 Å². The largest absolute Gasteiger partial charge is 0.331 e. The number of hydrogen-bond donors (Lipinski definition) is 1. The van der Waals surface area contributed by atoms with Gasteiger partial charge in [0, 0.05) is 24.2 Å². The standard InChI is InChI=1S/C23H20N4O2S/c1-16-6-5-9-19(14-16)24-23(30)26-22(18-7-3-2-4-8-18)15-21(25-26)17-10-12-20(13-11-17)27(28)29/h2-14,22H,15H2,1H3,(H,24,30). The summed E-state index contributed by atoms with van der Waals surface area (Å²) in [5.41, 5.74) is 4.90. The summed E-state index contributed by atoms with van der Waals surface area (Å²) in [7, 11) is 0. The predicted octanol–water partition coefficient (Wildman–Crippen LogP) is 5.45. The fourth-order valence-corrected chi connectivity index (χ4v) is 3.77. The molecular formula is C23H20N4O2S. The number of rotatable bonds is 4. The fraction of sp³-hybridized carbons (Fsp3) is 0.130. The molecule has 0 radical (unpaired) electrons. The first-order valence-electron chi connectivity index (χ1n) is 9.55. The van der Waals surface area contributed by atoms with Crippen LogP contribution >= 0.6 is 12.2 Å². The molecule has 0 saturated heterocycles. The summed E-state index contributed by atoms with van der Waals surface area (Å²) in [6, 6.07) is 24.5. The molecule has 7 heteroatoms. The molecule has 1 unspecified atom stereocenters. The Morgan fingerprint density at radius 1 is 1.10 bits per heavy atom. The predicted molar refractivity (Wildman–Crippen MR) is 123 cm³/mol. The Morgan fingerprint density at radius 2 is 1.83 bits per heavy atom. The molecule has 1 atom stereocenters. The number of hydrazone groups is 1. The molecule has 0 aromatic heterocycles. The third kappa shape index (κ3) is 4.21. The summed E-state index contributed by atoms with van der Waals surface area (Å²) >= 11 is 5.69. The van der Waals surface area contributed by atoms with E-state index >= 15 is 0 Å². The van der Waals surface area contributed by atoms with E-state index in [1.807, 2.05) is 54.4 Å². The maximum Gasteiger partial charge on any atom is 0.269 e. The van der Waals surface area contributed by atoms with Gasteiger partial charge < -0.3 is 5.32 Å². The number of thiocarbonyl (C=S) groups is 1. The molecule has 6 nitrogen and oxygen atoms in total. The van der Waals surface area contributed by atoms with Gasteiger partial charge in [0.25, 0.3) is 5.69 Å². The van der Waals surface area contributed by atoms with E-state index in [-0.39, 0.29) is 11.7 Å². The van der Waals surface area contributed by atoms with Gasteiger partial charge in [0.15, 0.2) is 5.11 Å². The monoisotopic (exact) mass is 416 g/mol. The molecule has 0 fully saturated rings. The summed E-state index contributed by atoms with van der Waals surface area (Å²) in [5, 5.41) is 21.3. The molecule has 150 valence electrons. The Labute approximate surface area is 180 Å². The number of hydrogen-bond acceptors (Lipinski definition) is 4. The molecule has 30 heavy (non-hydrogen) atoms. The Kier molecular flexibility index (Phi) is 5.54. The van der Waals surface area contributed by atoms with Crippen LogP contribution in [0, 0.1) is 17.0 Å². The highest BCUT2D eigenvalue weighted by molar-refractivity contribution is 7.80. The lowest BCUT2D eigenvalue weighted by atomic mass is 9.98. The zero-order valence-electron chi connectivity index (χ0n) is 16.4. The van der Waals surface area contributed by atoms with Crippen molar-refractivity contribution >= 4 is 34.4 Å². The average molecular weight is 417 g/mol. The van der Waals surface area contributed by atoms with Gasteiger partial charge in [-0.05, 0) is 60.1 Å². The number of anilines is 1. The Balaban J connectivity index is 1.64. The van der Waals surface area contributed by atoms with Gasteiger partial charge in [-0.1, -0.05) is 42.5 Å². The van der Waals surface area contributed by atoms with Crippen LogP contribution in [-0.2, 0) is 0 Å². The molecule has 3 aromatic carbocycles. The van der Waals surface area contributed by atoms with Crippen LogP contribution in [0.1, 0.15) is 29.2 Å². The first-order chi connectivity index (χ1) is 14.5. The maximum atomic E-state index is 11.0. The van der Waals surface area contributed by atoms with Crippen LogP contribution in [0.5, 0.6) is 0 Å². The average Bonchev–Trinajstić information content (AvgIpc) is 3.20. The van der Waals surface area contributed by atoms with Gasteiger partial charge in [-0.15, -0.1) is 0 Å². The molecule has 1 aliphatic rings. The number of aryl methyl sites for hydroxylation is 1. The summed E-state index contributed by atoms with van der Waals surface area (Å²) in [6.45, 7) is 2.03. The van der Waals surface area contributed by atoms with E-state index in [1.165, 1.54) is 12.1 Å². The Morgan fingerprint density at radius 3 is 2.50 bits per heavy atom. The molecule has 0 bridgehead atoms. The molecule has 0 saturated carbocycles. The number of nitro groups is 1. The first-order valence-corrected chi connectivity index (χ1v) is 9.96. The van der Waals surface area contributed by atoms with E-state index in [4.69, 9.17) is 17.3 Å². The highest BCUT2D eigenvalue weighted by atomic mass is 32.1. The second-order valence-corrected chi connectivity index (χ2v) is 7.51. The summed E-state index contributed by atoms with van der Waals surface area (Å²) in [6.07, 6.45) is 0.650. The lowest BCUT2D eigenvalue weighted by molar-refractivity contribution is -0.384. The zero-order valence-corrected chi connectivity index (χ0v) is 17.2. The van der Waals surface area contributed by atoms with Gasteiger partial charge in [-0.2, -0.15) is 5.10 Å². The van der Waals surface area contributed by atoms with Crippen LogP contribution in [0.25, 0.3) is 0 Å². The third-order valence-corrected chi connectivity index (χ3v) is 5.27.